The summed E-state index contributed by atoms with van der Waals surface area (Å²) in [5.41, 5.74) is -1.20. The Kier molecular flexibility index (Phi) is 6.55. The van der Waals surface area contributed by atoms with Gasteiger partial charge in [-0.3, -0.25) is 25.0 Å². The van der Waals surface area contributed by atoms with Crippen molar-refractivity contribution in [3.05, 3.63) is 62.2 Å². The number of ether oxygens (including phenoxy) is 2. The first-order valence-electron chi connectivity index (χ1n) is 9.15. The Morgan fingerprint density at radius 2 is 1.78 bits per heavy atom. The molecule has 0 bridgehead atoms. The molecule has 1 amide bonds. The van der Waals surface area contributed by atoms with Gasteiger partial charge in [0, 0.05) is 25.2 Å². The van der Waals surface area contributed by atoms with Crippen LogP contribution in [0.2, 0.25) is 0 Å². The number of sulfonamides is 1. The molecule has 1 saturated heterocycles. The first kappa shape index (κ1) is 22.9. The molecule has 32 heavy (non-hydrogen) atoms. The first-order valence-corrected chi connectivity index (χ1v) is 10.6. The summed E-state index contributed by atoms with van der Waals surface area (Å²) in [5.74, 6) is -1.12. The SMILES string of the molecule is COc1ccc(S(=O)(=O)NC(=O)c2cc([N+](=O)[O-])ccc2N2CCOCC2)c([N+](=O)[O-])c1. The van der Waals surface area contributed by atoms with Crippen LogP contribution in [0.15, 0.2) is 41.3 Å². The highest BCUT2D eigenvalue weighted by atomic mass is 32.2. The van der Waals surface area contributed by atoms with Crippen LogP contribution in [0.3, 0.4) is 0 Å². The number of hydrogen-bond acceptors (Lipinski definition) is 10. The van der Waals surface area contributed by atoms with Crippen molar-refractivity contribution >= 4 is 33.0 Å². The molecular weight excluding hydrogens is 448 g/mol. The zero-order chi connectivity index (χ0) is 23.5. The summed E-state index contributed by atoms with van der Waals surface area (Å²) in [6, 6.07) is 6.54. The summed E-state index contributed by atoms with van der Waals surface area (Å²) < 4.78 is 37.5. The second-order valence-corrected chi connectivity index (χ2v) is 8.23. The summed E-state index contributed by atoms with van der Waals surface area (Å²) in [6.07, 6.45) is 0. The van der Waals surface area contributed by atoms with E-state index in [1.807, 2.05) is 0 Å². The van der Waals surface area contributed by atoms with Crippen molar-refractivity contribution in [2.24, 2.45) is 0 Å². The van der Waals surface area contributed by atoms with Crippen LogP contribution in [0.5, 0.6) is 5.75 Å². The zero-order valence-corrected chi connectivity index (χ0v) is 17.5. The van der Waals surface area contributed by atoms with Gasteiger partial charge < -0.3 is 14.4 Å². The fourth-order valence-corrected chi connectivity index (χ4v) is 4.25. The van der Waals surface area contributed by atoms with Crippen LogP contribution < -0.4 is 14.4 Å². The second kappa shape index (κ2) is 9.15. The van der Waals surface area contributed by atoms with Gasteiger partial charge in [-0.2, -0.15) is 0 Å². The maximum atomic E-state index is 12.9. The average Bonchev–Trinajstić information content (AvgIpc) is 2.78. The molecule has 0 atom stereocenters. The van der Waals surface area contributed by atoms with Gasteiger partial charge in [0.15, 0.2) is 4.90 Å². The number of carbonyl (C=O) groups is 1. The van der Waals surface area contributed by atoms with Crippen molar-refractivity contribution in [3.63, 3.8) is 0 Å². The lowest BCUT2D eigenvalue weighted by Crippen LogP contribution is -2.38. The molecule has 0 unspecified atom stereocenters. The molecule has 2 aromatic carbocycles. The molecule has 0 radical (unpaired) electrons. The number of methoxy groups -OCH3 is 1. The molecular formula is C18H18N4O9S. The van der Waals surface area contributed by atoms with Crippen LogP contribution >= 0.6 is 0 Å². The Morgan fingerprint density at radius 1 is 1.09 bits per heavy atom. The molecule has 1 aliphatic heterocycles. The quantitative estimate of drug-likeness (QED) is 0.465. The smallest absolute Gasteiger partial charge is 0.293 e. The van der Waals surface area contributed by atoms with Gasteiger partial charge in [0.25, 0.3) is 27.3 Å². The molecule has 170 valence electrons. The minimum atomic E-state index is -4.70. The van der Waals surface area contributed by atoms with Crippen molar-refractivity contribution < 1.29 is 32.5 Å². The van der Waals surface area contributed by atoms with Gasteiger partial charge in [-0.1, -0.05) is 0 Å². The number of nitrogens with one attached hydrogen (secondary N) is 1. The van der Waals surface area contributed by atoms with E-state index in [0.29, 0.717) is 26.3 Å². The van der Waals surface area contributed by atoms with E-state index in [9.17, 15) is 33.4 Å². The zero-order valence-electron chi connectivity index (χ0n) is 16.7. The van der Waals surface area contributed by atoms with Gasteiger partial charge in [-0.15, -0.1) is 0 Å². The number of nitro benzene ring substituents is 2. The average molecular weight is 466 g/mol. The van der Waals surface area contributed by atoms with E-state index < -0.39 is 42.0 Å². The van der Waals surface area contributed by atoms with Crippen LogP contribution in [-0.4, -0.2) is 57.6 Å². The molecule has 3 rings (SSSR count). The third-order valence-corrected chi connectivity index (χ3v) is 6.05. The summed E-state index contributed by atoms with van der Waals surface area (Å²) in [7, 11) is -3.44. The van der Waals surface area contributed by atoms with Crippen LogP contribution in [0.25, 0.3) is 0 Å². The van der Waals surface area contributed by atoms with Crippen molar-refractivity contribution in [1.29, 1.82) is 0 Å². The van der Waals surface area contributed by atoms with Crippen LogP contribution in [0.4, 0.5) is 17.1 Å². The van der Waals surface area contributed by atoms with E-state index >= 15 is 0 Å². The van der Waals surface area contributed by atoms with Crippen LogP contribution in [-0.2, 0) is 14.8 Å². The standard InChI is InChI=1S/C18H18N4O9S/c1-30-13-3-5-17(16(11-13)22(26)27)32(28,29)19-18(23)14-10-12(21(24)25)2-4-15(14)20-6-8-31-9-7-20/h2-5,10-11H,6-9H2,1H3,(H,19,23). The Hall–Kier alpha value is -3.78. The Bertz CT molecular complexity index is 1180. The predicted octanol–water partition coefficient (Wildman–Crippen LogP) is 1.47. The maximum absolute atomic E-state index is 12.9. The topological polar surface area (TPSA) is 171 Å². The summed E-state index contributed by atoms with van der Waals surface area (Å²) in [4.78, 5) is 34.8. The van der Waals surface area contributed by atoms with Crippen molar-refractivity contribution in [1.82, 2.24) is 4.72 Å². The number of amides is 1. The molecule has 1 heterocycles. The van der Waals surface area contributed by atoms with Gasteiger partial charge in [0.2, 0.25) is 0 Å². The van der Waals surface area contributed by atoms with E-state index in [1.165, 1.54) is 25.3 Å². The third-order valence-electron chi connectivity index (χ3n) is 4.67. The molecule has 1 aliphatic rings. The Labute approximate surface area is 181 Å². The molecule has 13 nitrogen and oxygen atoms in total. The number of carbonyl (C=O) groups excluding carboxylic acids is 1. The van der Waals surface area contributed by atoms with Gasteiger partial charge in [-0.05, 0) is 18.2 Å². The van der Waals surface area contributed by atoms with E-state index in [0.717, 1.165) is 18.2 Å². The monoisotopic (exact) mass is 466 g/mol. The lowest BCUT2D eigenvalue weighted by atomic mass is 10.1. The highest BCUT2D eigenvalue weighted by Crippen LogP contribution is 2.30. The fourth-order valence-electron chi connectivity index (χ4n) is 3.13. The molecule has 0 saturated carbocycles. The highest BCUT2D eigenvalue weighted by Gasteiger charge is 2.30. The number of anilines is 1. The van der Waals surface area contributed by atoms with Crippen molar-refractivity contribution in [2.75, 3.05) is 38.3 Å². The van der Waals surface area contributed by atoms with Gasteiger partial charge in [0.1, 0.15) is 5.75 Å². The number of hydrogen-bond donors (Lipinski definition) is 1. The molecule has 0 spiro atoms. The number of benzene rings is 2. The van der Waals surface area contributed by atoms with Gasteiger partial charge in [0.05, 0.1) is 47.5 Å². The highest BCUT2D eigenvalue weighted by molar-refractivity contribution is 7.90. The van der Waals surface area contributed by atoms with Gasteiger partial charge in [-0.25, -0.2) is 13.1 Å². The minimum Gasteiger partial charge on any atom is -0.497 e. The summed E-state index contributed by atoms with van der Waals surface area (Å²) in [6.45, 7) is 1.48. The first-order chi connectivity index (χ1) is 15.1. The number of non-ortho nitro benzene ring substituents is 1. The van der Waals surface area contributed by atoms with Crippen molar-refractivity contribution in [2.45, 2.75) is 4.90 Å². The summed E-state index contributed by atoms with van der Waals surface area (Å²) >= 11 is 0. The lowest BCUT2D eigenvalue weighted by Gasteiger charge is -2.30. The molecule has 14 heteroatoms. The predicted molar refractivity (Wildman–Crippen MR) is 110 cm³/mol. The van der Waals surface area contributed by atoms with Crippen molar-refractivity contribution in [3.8, 4) is 5.75 Å². The fraction of sp³-hybridized carbons (Fsp3) is 0.278. The number of rotatable bonds is 7. The minimum absolute atomic E-state index is 0.0512. The maximum Gasteiger partial charge on any atom is 0.293 e. The Balaban J connectivity index is 2.01. The Morgan fingerprint density at radius 3 is 2.38 bits per heavy atom. The number of nitro groups is 2. The number of nitrogens with zero attached hydrogens (tertiary/aromatic N) is 3. The van der Waals surface area contributed by atoms with E-state index in [1.54, 1.807) is 9.62 Å². The third kappa shape index (κ3) is 4.76. The largest absolute Gasteiger partial charge is 0.497 e. The lowest BCUT2D eigenvalue weighted by molar-refractivity contribution is -0.387. The molecule has 2 aromatic rings. The van der Waals surface area contributed by atoms with E-state index in [-0.39, 0.29) is 17.0 Å². The summed E-state index contributed by atoms with van der Waals surface area (Å²) in [5, 5.41) is 22.5. The van der Waals surface area contributed by atoms with Crippen LogP contribution in [0, 0.1) is 20.2 Å². The molecule has 0 aromatic heterocycles. The second-order valence-electron chi connectivity index (χ2n) is 6.58. The molecule has 1 N–H and O–H groups in total. The molecule has 0 aliphatic carbocycles. The van der Waals surface area contributed by atoms with Crippen LogP contribution in [0.1, 0.15) is 10.4 Å². The van der Waals surface area contributed by atoms with E-state index in [4.69, 9.17) is 9.47 Å². The van der Waals surface area contributed by atoms with E-state index in [2.05, 4.69) is 0 Å². The van der Waals surface area contributed by atoms with Gasteiger partial charge >= 0.3 is 0 Å². The molecule has 1 fully saturated rings. The number of morpholine rings is 1. The normalized spacial score (nSPS) is 14.0.